The second-order valence-corrected chi connectivity index (χ2v) is 4.26. The lowest BCUT2D eigenvalue weighted by molar-refractivity contribution is 0.384. The van der Waals surface area contributed by atoms with E-state index in [0.717, 1.165) is 6.54 Å². The first kappa shape index (κ1) is 13.6. The smallest absolute Gasteiger partial charge is 0.171 e. The van der Waals surface area contributed by atoms with Crippen LogP contribution in [-0.4, -0.2) is 22.1 Å². The van der Waals surface area contributed by atoms with Crippen LogP contribution in [0.5, 0.6) is 5.75 Å². The molecule has 0 aliphatic rings. The highest BCUT2D eigenvalue weighted by Gasteiger charge is 2.13. The van der Waals surface area contributed by atoms with Crippen molar-refractivity contribution in [2.45, 2.75) is 20.0 Å². The number of nitrogens with one attached hydrogen (secondary N) is 1. The van der Waals surface area contributed by atoms with E-state index < -0.39 is 5.82 Å². The van der Waals surface area contributed by atoms with Crippen molar-refractivity contribution in [3.63, 3.8) is 0 Å². The molecule has 1 heterocycles. The number of methoxy groups -OCH3 is 1. The predicted octanol–water partition coefficient (Wildman–Crippen LogP) is 2.71. The number of hydrogen-bond donors (Lipinski definition) is 1. The van der Waals surface area contributed by atoms with Crippen LogP contribution >= 0.6 is 11.6 Å². The van der Waals surface area contributed by atoms with Crippen LogP contribution in [0.1, 0.15) is 12.5 Å². The van der Waals surface area contributed by atoms with E-state index in [4.69, 9.17) is 16.3 Å². The second kappa shape index (κ2) is 5.88. The van der Waals surface area contributed by atoms with Crippen LogP contribution in [0, 0.1) is 5.82 Å². The normalized spacial score (nSPS) is 10.5. The molecule has 0 saturated carbocycles. The monoisotopic (exact) mass is 284 g/mol. The third-order valence-electron chi connectivity index (χ3n) is 2.68. The number of aryl methyl sites for hydroxylation is 1. The van der Waals surface area contributed by atoms with Crippen LogP contribution < -0.4 is 10.1 Å². The molecule has 0 atom stereocenters. The van der Waals surface area contributed by atoms with Crippen molar-refractivity contribution >= 4 is 17.4 Å². The van der Waals surface area contributed by atoms with Crippen molar-refractivity contribution < 1.29 is 9.13 Å². The van der Waals surface area contributed by atoms with Crippen LogP contribution in [0.3, 0.4) is 0 Å². The molecule has 0 spiro atoms. The molecule has 1 aromatic heterocycles. The van der Waals surface area contributed by atoms with E-state index in [1.54, 1.807) is 16.9 Å². The summed E-state index contributed by atoms with van der Waals surface area (Å²) in [6.45, 7) is 2.89. The number of benzene rings is 1. The molecule has 0 aliphatic carbocycles. The van der Waals surface area contributed by atoms with E-state index in [1.807, 2.05) is 6.92 Å². The van der Waals surface area contributed by atoms with E-state index in [2.05, 4.69) is 15.6 Å². The third-order valence-corrected chi connectivity index (χ3v) is 3.03. The second-order valence-electron chi connectivity index (χ2n) is 3.86. The topological polar surface area (TPSA) is 52.0 Å². The summed E-state index contributed by atoms with van der Waals surface area (Å²) in [7, 11) is 1.41. The number of aromatic nitrogens is 3. The highest BCUT2D eigenvalue weighted by atomic mass is 35.5. The molecule has 0 amide bonds. The molecule has 7 heteroatoms. The van der Waals surface area contributed by atoms with Gasteiger partial charge in [0.1, 0.15) is 0 Å². The molecule has 0 saturated heterocycles. The van der Waals surface area contributed by atoms with E-state index in [1.165, 1.54) is 13.2 Å². The standard InChI is InChI=1S/C12H14ClFN4O/c1-3-18-7-11(16-17-18)15-6-8-9(13)4-5-10(19-2)12(8)14/h4-5,7,15H,3,6H2,1-2H3. The summed E-state index contributed by atoms with van der Waals surface area (Å²) in [6, 6.07) is 3.10. The number of hydrogen-bond acceptors (Lipinski definition) is 4. The molecule has 2 rings (SSSR count). The molecule has 1 N–H and O–H groups in total. The molecule has 0 aliphatic heterocycles. The van der Waals surface area contributed by atoms with Crippen LogP contribution in [0.15, 0.2) is 18.3 Å². The van der Waals surface area contributed by atoms with Gasteiger partial charge in [-0.3, -0.25) is 4.68 Å². The zero-order valence-corrected chi connectivity index (χ0v) is 11.4. The first-order valence-corrected chi connectivity index (χ1v) is 6.18. The molecule has 19 heavy (non-hydrogen) atoms. The zero-order valence-electron chi connectivity index (χ0n) is 10.7. The number of anilines is 1. The maximum atomic E-state index is 14.0. The van der Waals surface area contributed by atoms with Gasteiger partial charge in [-0.05, 0) is 19.1 Å². The van der Waals surface area contributed by atoms with Gasteiger partial charge in [-0.25, -0.2) is 4.39 Å². The molecule has 1 aromatic carbocycles. The Kier molecular flexibility index (Phi) is 4.21. The fourth-order valence-electron chi connectivity index (χ4n) is 1.61. The lowest BCUT2D eigenvalue weighted by Gasteiger charge is -2.09. The van der Waals surface area contributed by atoms with Crippen LogP contribution in [0.25, 0.3) is 0 Å². The molecular formula is C12H14ClFN4O. The summed E-state index contributed by atoms with van der Waals surface area (Å²) >= 11 is 5.98. The van der Waals surface area contributed by atoms with E-state index in [9.17, 15) is 4.39 Å². The van der Waals surface area contributed by atoms with Crippen molar-refractivity contribution in [3.8, 4) is 5.75 Å². The lowest BCUT2D eigenvalue weighted by atomic mass is 10.2. The van der Waals surface area contributed by atoms with Crippen molar-refractivity contribution in [3.05, 3.63) is 34.7 Å². The quantitative estimate of drug-likeness (QED) is 0.917. The average Bonchev–Trinajstić information content (AvgIpc) is 2.87. The molecule has 0 bridgehead atoms. The Morgan fingerprint density at radius 3 is 2.89 bits per heavy atom. The Bertz CT molecular complexity index is 573. The fourth-order valence-corrected chi connectivity index (χ4v) is 1.82. The van der Waals surface area contributed by atoms with Gasteiger partial charge in [0.15, 0.2) is 17.4 Å². The number of rotatable bonds is 5. The molecule has 0 fully saturated rings. The molecular weight excluding hydrogens is 271 g/mol. The van der Waals surface area contributed by atoms with Crippen LogP contribution in [0.2, 0.25) is 5.02 Å². The van der Waals surface area contributed by atoms with Gasteiger partial charge in [0.25, 0.3) is 0 Å². The first-order chi connectivity index (χ1) is 9.15. The summed E-state index contributed by atoms with van der Waals surface area (Å²) in [5.74, 6) is 0.268. The maximum Gasteiger partial charge on any atom is 0.171 e. The molecule has 0 radical (unpaired) electrons. The van der Waals surface area contributed by atoms with Gasteiger partial charge in [-0.15, -0.1) is 5.10 Å². The largest absolute Gasteiger partial charge is 0.494 e. The van der Waals surface area contributed by atoms with Gasteiger partial charge in [0.05, 0.1) is 13.3 Å². The van der Waals surface area contributed by atoms with Gasteiger partial charge >= 0.3 is 0 Å². The summed E-state index contributed by atoms with van der Waals surface area (Å²) < 4.78 is 20.6. The Balaban J connectivity index is 2.14. The van der Waals surface area contributed by atoms with E-state index in [-0.39, 0.29) is 12.3 Å². The SMILES string of the molecule is CCn1cc(NCc2c(Cl)ccc(OC)c2F)nn1. The van der Waals surface area contributed by atoms with Crippen LogP contribution in [0.4, 0.5) is 10.2 Å². The highest BCUT2D eigenvalue weighted by Crippen LogP contribution is 2.27. The van der Waals surface area contributed by atoms with Crippen molar-refractivity contribution in [2.75, 3.05) is 12.4 Å². The summed E-state index contributed by atoms with van der Waals surface area (Å²) in [4.78, 5) is 0. The molecule has 0 unspecified atom stereocenters. The fraction of sp³-hybridized carbons (Fsp3) is 0.333. The summed E-state index contributed by atoms with van der Waals surface area (Å²) in [6.07, 6.45) is 1.74. The van der Waals surface area contributed by atoms with Gasteiger partial charge in [0.2, 0.25) is 0 Å². The molecule has 102 valence electrons. The summed E-state index contributed by atoms with van der Waals surface area (Å²) in [5, 5.41) is 11.1. The Morgan fingerprint density at radius 1 is 1.47 bits per heavy atom. The van der Waals surface area contributed by atoms with Crippen molar-refractivity contribution in [1.82, 2.24) is 15.0 Å². The van der Waals surface area contributed by atoms with Gasteiger partial charge in [-0.1, -0.05) is 16.8 Å². The number of halogens is 2. The minimum atomic E-state index is -0.467. The van der Waals surface area contributed by atoms with Crippen LogP contribution in [-0.2, 0) is 13.1 Å². The summed E-state index contributed by atoms with van der Waals surface area (Å²) in [5.41, 5.74) is 0.340. The highest BCUT2D eigenvalue weighted by molar-refractivity contribution is 6.31. The van der Waals surface area contributed by atoms with Crippen molar-refractivity contribution in [2.24, 2.45) is 0 Å². The van der Waals surface area contributed by atoms with E-state index >= 15 is 0 Å². The lowest BCUT2D eigenvalue weighted by Crippen LogP contribution is -2.04. The zero-order chi connectivity index (χ0) is 13.8. The van der Waals surface area contributed by atoms with Gasteiger partial charge in [-0.2, -0.15) is 0 Å². The number of ether oxygens (including phenoxy) is 1. The Morgan fingerprint density at radius 2 is 2.26 bits per heavy atom. The Labute approximate surface area is 115 Å². The molecule has 5 nitrogen and oxygen atoms in total. The third kappa shape index (κ3) is 2.96. The van der Waals surface area contributed by atoms with Crippen molar-refractivity contribution in [1.29, 1.82) is 0 Å². The van der Waals surface area contributed by atoms with Gasteiger partial charge in [0, 0.05) is 23.7 Å². The number of nitrogens with zero attached hydrogens (tertiary/aromatic N) is 3. The maximum absolute atomic E-state index is 14.0. The first-order valence-electron chi connectivity index (χ1n) is 5.80. The minimum absolute atomic E-state index is 0.165. The minimum Gasteiger partial charge on any atom is -0.494 e. The molecule has 2 aromatic rings. The average molecular weight is 285 g/mol. The van der Waals surface area contributed by atoms with E-state index in [0.29, 0.717) is 16.4 Å². The predicted molar refractivity (Wildman–Crippen MR) is 71.0 cm³/mol. The van der Waals surface area contributed by atoms with Gasteiger partial charge < -0.3 is 10.1 Å². The Hall–Kier alpha value is -1.82.